The van der Waals surface area contributed by atoms with Gasteiger partial charge in [-0.1, -0.05) is 54.1 Å². The Hall–Kier alpha value is -3.94. The molecule has 38 heavy (non-hydrogen) atoms. The summed E-state index contributed by atoms with van der Waals surface area (Å²) in [6.45, 7) is 2.38. The predicted octanol–water partition coefficient (Wildman–Crippen LogP) is 7.48. The summed E-state index contributed by atoms with van der Waals surface area (Å²) in [4.78, 5) is 17.1. The summed E-state index contributed by atoms with van der Waals surface area (Å²) in [5, 5.41) is 8.46. The number of aryl methyl sites for hydroxylation is 1. The van der Waals surface area contributed by atoms with Gasteiger partial charge in [-0.3, -0.25) is 0 Å². The van der Waals surface area contributed by atoms with Crippen LogP contribution >= 0.6 is 23.4 Å². The van der Waals surface area contributed by atoms with Crippen molar-refractivity contribution in [1.82, 2.24) is 19.2 Å². The highest BCUT2D eigenvalue weighted by Crippen LogP contribution is 2.39. The number of anilines is 1. The van der Waals surface area contributed by atoms with Gasteiger partial charge in [0.1, 0.15) is 5.82 Å². The van der Waals surface area contributed by atoms with Crippen molar-refractivity contribution in [2.45, 2.75) is 24.4 Å². The van der Waals surface area contributed by atoms with Crippen LogP contribution in [-0.4, -0.2) is 31.5 Å². The number of nitrogens with zero attached hydrogens (tertiary/aromatic N) is 4. The van der Waals surface area contributed by atoms with Crippen LogP contribution in [0, 0.1) is 6.92 Å². The molecule has 6 rings (SSSR count). The lowest BCUT2D eigenvalue weighted by Crippen LogP contribution is -2.38. The average molecular weight is 540 g/mol. The minimum absolute atomic E-state index is 0.232. The molecule has 2 amide bonds. The maximum atomic E-state index is 14.0. The molecule has 3 aromatic carbocycles. The number of urea groups is 1. The zero-order chi connectivity index (χ0) is 26.2. The highest BCUT2D eigenvalue weighted by atomic mass is 35.5. The van der Waals surface area contributed by atoms with Crippen LogP contribution in [0.4, 0.5) is 10.5 Å². The molecule has 0 saturated heterocycles. The van der Waals surface area contributed by atoms with Gasteiger partial charge in [-0.2, -0.15) is 5.10 Å². The number of thioether (sulfide) groups is 1. The molecule has 1 aliphatic heterocycles. The Morgan fingerprint density at radius 1 is 0.974 bits per heavy atom. The van der Waals surface area contributed by atoms with Crippen LogP contribution in [0.5, 0.6) is 0 Å². The van der Waals surface area contributed by atoms with E-state index in [-0.39, 0.29) is 12.1 Å². The molecule has 1 aliphatic rings. The summed E-state index contributed by atoms with van der Waals surface area (Å²) in [5.74, 6) is 0.937. The number of benzene rings is 3. The third-order valence-electron chi connectivity index (χ3n) is 6.89. The second kappa shape index (κ2) is 10.1. The predicted molar refractivity (Wildman–Crippen MR) is 154 cm³/mol. The van der Waals surface area contributed by atoms with Crippen LogP contribution in [0.15, 0.2) is 102 Å². The quantitative estimate of drug-likeness (QED) is 0.241. The molecule has 190 valence electrons. The summed E-state index contributed by atoms with van der Waals surface area (Å²) in [6, 6.07) is 29.3. The van der Waals surface area contributed by atoms with Crippen LogP contribution in [0.3, 0.4) is 0 Å². The number of fused-ring (bicyclic) bond motifs is 3. The first-order valence-electron chi connectivity index (χ1n) is 12.3. The Bertz CT molecular complexity index is 1610. The molecule has 0 fully saturated rings. The molecule has 5 aromatic rings. The number of halogens is 1. The van der Waals surface area contributed by atoms with Crippen molar-refractivity contribution in [3.63, 3.8) is 0 Å². The first kappa shape index (κ1) is 24.4. The van der Waals surface area contributed by atoms with E-state index in [9.17, 15) is 4.79 Å². The van der Waals surface area contributed by atoms with E-state index in [1.165, 1.54) is 4.90 Å². The molecule has 8 heteroatoms. The number of carbonyl (C=O) groups is 1. The Labute approximate surface area is 230 Å². The number of aromatic nitrogens is 3. The first-order chi connectivity index (χ1) is 18.5. The van der Waals surface area contributed by atoms with Gasteiger partial charge in [-0.25, -0.2) is 9.48 Å². The fraction of sp³-hybridized carbons (Fsp3) is 0.133. The molecule has 1 atom stereocenters. The number of amides is 2. The Balaban J connectivity index is 1.53. The number of rotatable bonds is 4. The van der Waals surface area contributed by atoms with Gasteiger partial charge in [-0.15, -0.1) is 11.8 Å². The number of hydrogen-bond acceptors (Lipinski definition) is 3. The smallest absolute Gasteiger partial charge is 0.307 e. The van der Waals surface area contributed by atoms with Gasteiger partial charge in [0.25, 0.3) is 0 Å². The van der Waals surface area contributed by atoms with Crippen molar-refractivity contribution in [3.8, 4) is 11.5 Å². The van der Waals surface area contributed by atoms with E-state index in [4.69, 9.17) is 16.7 Å². The molecule has 0 saturated carbocycles. The molecular formula is C30H26ClN5OS. The fourth-order valence-corrected chi connectivity index (χ4v) is 5.63. The van der Waals surface area contributed by atoms with E-state index in [2.05, 4.69) is 46.5 Å². The standard InChI is InChI=1S/C30H26ClN5OS/c1-20-24-19-35(30(37)32-26-12-7-6-11-25(26)31)28(21-14-16-23(38-2)17-15-21)27-13-8-18-34(27)29(24)36(33-20)22-9-4-3-5-10-22/h3-18,28H,19H2,1-2H3,(H,32,37). The second-order valence-corrected chi connectivity index (χ2v) is 10.4. The SMILES string of the molecule is CSc1ccc(C2c3cccn3-c3c(c(C)nn3-c3ccccc3)CN2C(=O)Nc2ccccc2Cl)cc1. The molecule has 1 unspecified atom stereocenters. The summed E-state index contributed by atoms with van der Waals surface area (Å²) in [6.07, 6.45) is 4.11. The van der Waals surface area contributed by atoms with Crippen LogP contribution in [0.2, 0.25) is 5.02 Å². The first-order valence-corrected chi connectivity index (χ1v) is 13.9. The third-order valence-corrected chi connectivity index (χ3v) is 7.97. The Morgan fingerprint density at radius 3 is 2.45 bits per heavy atom. The third kappa shape index (κ3) is 4.27. The van der Waals surface area contributed by atoms with Crippen LogP contribution < -0.4 is 5.32 Å². The van der Waals surface area contributed by atoms with Gasteiger partial charge in [0.05, 0.1) is 40.4 Å². The summed E-state index contributed by atoms with van der Waals surface area (Å²) < 4.78 is 4.13. The number of hydrogen-bond donors (Lipinski definition) is 1. The van der Waals surface area contributed by atoms with E-state index in [0.717, 1.165) is 34.0 Å². The van der Waals surface area contributed by atoms with Crippen LogP contribution in [-0.2, 0) is 6.54 Å². The van der Waals surface area contributed by atoms with Gasteiger partial charge in [0.15, 0.2) is 0 Å². The van der Waals surface area contributed by atoms with Crippen molar-refractivity contribution in [2.24, 2.45) is 0 Å². The number of para-hydroxylation sites is 2. The Morgan fingerprint density at radius 2 is 1.71 bits per heavy atom. The van der Waals surface area contributed by atoms with Crippen molar-refractivity contribution in [3.05, 3.63) is 125 Å². The van der Waals surface area contributed by atoms with Crippen molar-refractivity contribution >= 4 is 35.1 Å². The molecule has 6 nitrogen and oxygen atoms in total. The van der Waals surface area contributed by atoms with Gasteiger partial charge >= 0.3 is 6.03 Å². The summed E-state index contributed by atoms with van der Waals surface area (Å²) in [7, 11) is 0. The van der Waals surface area contributed by atoms with E-state index >= 15 is 0 Å². The van der Waals surface area contributed by atoms with Gasteiger partial charge in [0.2, 0.25) is 0 Å². The van der Waals surface area contributed by atoms with Crippen LogP contribution in [0.25, 0.3) is 11.5 Å². The van der Waals surface area contributed by atoms with Gasteiger partial charge in [-0.05, 0) is 67.3 Å². The minimum atomic E-state index is -0.334. The molecule has 0 bridgehead atoms. The maximum absolute atomic E-state index is 14.0. The van der Waals surface area contributed by atoms with E-state index in [1.54, 1.807) is 17.8 Å². The van der Waals surface area contributed by atoms with Crippen molar-refractivity contribution in [1.29, 1.82) is 0 Å². The zero-order valence-corrected chi connectivity index (χ0v) is 22.6. The molecule has 1 N–H and O–H groups in total. The lowest BCUT2D eigenvalue weighted by molar-refractivity contribution is 0.194. The average Bonchev–Trinajstić information content (AvgIpc) is 3.51. The zero-order valence-electron chi connectivity index (χ0n) is 21.0. The maximum Gasteiger partial charge on any atom is 0.323 e. The molecule has 0 aliphatic carbocycles. The second-order valence-electron chi connectivity index (χ2n) is 9.15. The fourth-order valence-electron chi connectivity index (χ4n) is 5.04. The molecule has 0 spiro atoms. The summed E-state index contributed by atoms with van der Waals surface area (Å²) in [5.41, 5.74) is 5.41. The monoisotopic (exact) mass is 539 g/mol. The van der Waals surface area contributed by atoms with Crippen molar-refractivity contribution < 1.29 is 4.79 Å². The van der Waals surface area contributed by atoms with E-state index in [1.807, 2.05) is 77.3 Å². The Kier molecular flexibility index (Phi) is 6.47. The molecule has 3 heterocycles. The topological polar surface area (TPSA) is 55.1 Å². The number of carbonyl (C=O) groups excluding carboxylic acids is 1. The van der Waals surface area contributed by atoms with E-state index in [0.29, 0.717) is 17.3 Å². The van der Waals surface area contributed by atoms with Crippen LogP contribution in [0.1, 0.15) is 28.6 Å². The highest BCUT2D eigenvalue weighted by molar-refractivity contribution is 7.98. The molecule has 0 radical (unpaired) electrons. The largest absolute Gasteiger partial charge is 0.323 e. The highest BCUT2D eigenvalue weighted by Gasteiger charge is 2.36. The summed E-state index contributed by atoms with van der Waals surface area (Å²) >= 11 is 8.11. The van der Waals surface area contributed by atoms with Gasteiger partial charge in [0, 0.05) is 16.7 Å². The molecule has 2 aromatic heterocycles. The minimum Gasteiger partial charge on any atom is -0.307 e. The molecular weight excluding hydrogens is 514 g/mol. The van der Waals surface area contributed by atoms with Gasteiger partial charge < -0.3 is 14.8 Å². The normalized spacial score (nSPS) is 14.5. The lowest BCUT2D eigenvalue weighted by atomic mass is 10.0. The lowest BCUT2D eigenvalue weighted by Gasteiger charge is -2.31. The number of nitrogens with one attached hydrogen (secondary N) is 1. The van der Waals surface area contributed by atoms with Crippen molar-refractivity contribution in [2.75, 3.05) is 11.6 Å². The van der Waals surface area contributed by atoms with E-state index < -0.39 is 0 Å².